The second-order valence-corrected chi connectivity index (χ2v) is 7.69. The number of hydrogen-bond donors (Lipinski definition) is 1. The molecule has 1 heterocycles. The summed E-state index contributed by atoms with van der Waals surface area (Å²) in [5, 5.41) is 8.88. The summed E-state index contributed by atoms with van der Waals surface area (Å²) < 4.78 is 19.7. The number of likely N-dealkylation sites (tertiary alicyclic amines) is 1. The van der Waals surface area contributed by atoms with Gasteiger partial charge in [0.05, 0.1) is 0 Å². The second-order valence-electron chi connectivity index (χ2n) is 7.69. The quantitative estimate of drug-likeness (QED) is 0.787. The van der Waals surface area contributed by atoms with Gasteiger partial charge < -0.3 is 9.84 Å². The summed E-state index contributed by atoms with van der Waals surface area (Å²) in [5.74, 6) is -0.142. The van der Waals surface area contributed by atoms with Crippen LogP contribution in [0.25, 0.3) is 6.08 Å². The molecule has 1 saturated heterocycles. The van der Waals surface area contributed by atoms with Gasteiger partial charge in [-0.15, -0.1) is 0 Å². The average molecular weight is 359 g/mol. The predicted octanol–water partition coefficient (Wildman–Crippen LogP) is 3.72. The van der Waals surface area contributed by atoms with Gasteiger partial charge in [-0.1, -0.05) is 30.2 Å². The van der Waals surface area contributed by atoms with Crippen LogP contribution >= 0.6 is 0 Å². The predicted molar refractivity (Wildman–Crippen MR) is 100 cm³/mol. The van der Waals surface area contributed by atoms with Crippen molar-refractivity contribution in [1.82, 2.24) is 4.90 Å². The molecule has 140 valence electrons. The van der Waals surface area contributed by atoms with E-state index in [1.165, 1.54) is 16.7 Å². The van der Waals surface area contributed by atoms with Crippen LogP contribution in [0.3, 0.4) is 0 Å². The van der Waals surface area contributed by atoms with Gasteiger partial charge in [0, 0.05) is 19.6 Å². The van der Waals surface area contributed by atoms with E-state index in [-0.39, 0.29) is 13.1 Å². The van der Waals surface area contributed by atoms with E-state index in [0.717, 1.165) is 17.7 Å². The first-order chi connectivity index (χ1) is 12.3. The molecule has 1 fully saturated rings. The molecule has 0 unspecified atom stereocenters. The Morgan fingerprint density at radius 3 is 2.81 bits per heavy atom. The molecule has 1 atom stereocenters. The second kappa shape index (κ2) is 7.23. The van der Waals surface area contributed by atoms with Crippen LogP contribution in [-0.2, 0) is 11.2 Å². The largest absolute Gasteiger partial charge is 0.490 e. The van der Waals surface area contributed by atoms with Crippen LogP contribution in [0, 0.1) is 5.92 Å². The van der Waals surface area contributed by atoms with E-state index >= 15 is 0 Å². The lowest BCUT2D eigenvalue weighted by Crippen LogP contribution is -2.63. The van der Waals surface area contributed by atoms with E-state index in [1.54, 1.807) is 0 Å². The zero-order valence-electron chi connectivity index (χ0n) is 15.6. The van der Waals surface area contributed by atoms with Crippen LogP contribution in [0.4, 0.5) is 4.39 Å². The molecule has 0 aromatic heterocycles. The van der Waals surface area contributed by atoms with Crippen molar-refractivity contribution in [3.63, 3.8) is 0 Å². The van der Waals surface area contributed by atoms with Gasteiger partial charge in [0.25, 0.3) is 0 Å². The van der Waals surface area contributed by atoms with Crippen molar-refractivity contribution < 1.29 is 19.0 Å². The van der Waals surface area contributed by atoms with Crippen LogP contribution in [0.2, 0.25) is 0 Å². The van der Waals surface area contributed by atoms with Crippen LogP contribution in [0.1, 0.15) is 31.9 Å². The number of carboxylic acids is 1. The van der Waals surface area contributed by atoms with Crippen LogP contribution in [-0.4, -0.2) is 47.9 Å². The van der Waals surface area contributed by atoms with Crippen molar-refractivity contribution in [1.29, 1.82) is 0 Å². The van der Waals surface area contributed by atoms with E-state index in [2.05, 4.69) is 31.2 Å². The van der Waals surface area contributed by atoms with E-state index in [0.29, 0.717) is 19.1 Å². The number of carboxylic acid groups (broad SMARTS) is 1. The van der Waals surface area contributed by atoms with Crippen molar-refractivity contribution >= 4 is 12.0 Å². The number of alkyl halides is 1. The minimum Gasteiger partial charge on any atom is -0.490 e. The Morgan fingerprint density at radius 1 is 1.42 bits per heavy atom. The first-order valence-electron chi connectivity index (χ1n) is 9.01. The third-order valence-electron chi connectivity index (χ3n) is 5.09. The first-order valence-corrected chi connectivity index (χ1v) is 9.01. The summed E-state index contributed by atoms with van der Waals surface area (Å²) in [6.45, 7) is 7.38. The summed E-state index contributed by atoms with van der Waals surface area (Å²) in [5.41, 5.74) is 2.80. The Morgan fingerprint density at radius 2 is 2.15 bits per heavy atom. The number of allylic oxidation sites excluding steroid dienone is 1. The standard InChI is InChI=1S/C21H26FNO3/c1-14(2)6-7-26-19-5-4-16-9-18(15(3)8-17(16)10-19)11-23-12-21(22,13-23)20(24)25/h4-6,9-10,15H,7-8,11-13H2,1-3H3,(H,24,25)/t15-/m0/s1. The fourth-order valence-corrected chi connectivity index (χ4v) is 3.47. The van der Waals surface area contributed by atoms with Gasteiger partial charge in [0.15, 0.2) is 0 Å². The maximum atomic E-state index is 13.9. The Bertz CT molecular complexity index is 759. The fourth-order valence-electron chi connectivity index (χ4n) is 3.47. The first kappa shape index (κ1) is 18.6. The summed E-state index contributed by atoms with van der Waals surface area (Å²) in [4.78, 5) is 12.7. The van der Waals surface area contributed by atoms with Gasteiger partial charge >= 0.3 is 5.97 Å². The van der Waals surface area contributed by atoms with E-state index < -0.39 is 11.6 Å². The highest BCUT2D eigenvalue weighted by atomic mass is 19.1. The highest BCUT2D eigenvalue weighted by Crippen LogP contribution is 2.34. The Labute approximate surface area is 154 Å². The molecule has 5 heteroatoms. The number of benzene rings is 1. The van der Waals surface area contributed by atoms with Crippen molar-refractivity contribution in [2.45, 2.75) is 32.9 Å². The number of hydrogen-bond acceptors (Lipinski definition) is 3. The SMILES string of the molecule is CC(C)=CCOc1ccc2c(c1)C[C@H](C)C(CN1CC(F)(C(=O)O)C1)=C2. The number of ether oxygens (including phenoxy) is 1. The molecule has 0 amide bonds. The number of nitrogens with zero attached hydrogens (tertiary/aromatic N) is 1. The van der Waals surface area contributed by atoms with Crippen LogP contribution in [0.15, 0.2) is 35.4 Å². The van der Waals surface area contributed by atoms with Crippen molar-refractivity contribution in [3.05, 3.63) is 46.5 Å². The maximum absolute atomic E-state index is 13.9. The Balaban J connectivity index is 1.65. The van der Waals surface area contributed by atoms with Crippen molar-refractivity contribution in [2.24, 2.45) is 5.92 Å². The molecule has 1 aliphatic heterocycles. The molecule has 0 spiro atoms. The Kier molecular flexibility index (Phi) is 5.19. The molecule has 1 aliphatic carbocycles. The fraction of sp³-hybridized carbons (Fsp3) is 0.476. The van der Waals surface area contributed by atoms with Gasteiger partial charge in [-0.2, -0.15) is 0 Å². The minimum atomic E-state index is -2.08. The molecule has 2 aliphatic rings. The molecule has 0 bridgehead atoms. The number of carbonyl (C=O) groups is 1. The monoisotopic (exact) mass is 359 g/mol. The molecule has 0 saturated carbocycles. The summed E-state index contributed by atoms with van der Waals surface area (Å²) >= 11 is 0. The molecule has 26 heavy (non-hydrogen) atoms. The van der Waals surface area contributed by atoms with Gasteiger partial charge in [0.1, 0.15) is 12.4 Å². The third-order valence-corrected chi connectivity index (χ3v) is 5.09. The molecular weight excluding hydrogens is 333 g/mol. The minimum absolute atomic E-state index is 0.0314. The number of halogens is 1. The molecule has 3 rings (SSSR count). The number of rotatable bonds is 6. The maximum Gasteiger partial charge on any atom is 0.344 e. The van der Waals surface area contributed by atoms with Gasteiger partial charge in [-0.05, 0) is 55.5 Å². The highest BCUT2D eigenvalue weighted by molar-refractivity contribution is 5.79. The molecule has 4 nitrogen and oxygen atoms in total. The zero-order chi connectivity index (χ0) is 18.9. The molecule has 1 aromatic carbocycles. The topological polar surface area (TPSA) is 49.8 Å². The molecule has 0 radical (unpaired) electrons. The molecular formula is C21H26FNO3. The lowest BCUT2D eigenvalue weighted by molar-refractivity contribution is -0.163. The normalized spacial score (nSPS) is 21.2. The Hall–Kier alpha value is -2.14. The van der Waals surface area contributed by atoms with Gasteiger partial charge in [-0.25, -0.2) is 9.18 Å². The number of fused-ring (bicyclic) bond motifs is 1. The van der Waals surface area contributed by atoms with Crippen molar-refractivity contribution in [2.75, 3.05) is 26.2 Å². The van der Waals surface area contributed by atoms with E-state index in [1.807, 2.05) is 24.8 Å². The zero-order valence-corrected chi connectivity index (χ0v) is 15.6. The van der Waals surface area contributed by atoms with Crippen LogP contribution < -0.4 is 4.74 Å². The lowest BCUT2D eigenvalue weighted by Gasteiger charge is -2.42. The van der Waals surface area contributed by atoms with Crippen molar-refractivity contribution in [3.8, 4) is 5.75 Å². The third kappa shape index (κ3) is 3.98. The highest BCUT2D eigenvalue weighted by Gasteiger charge is 2.50. The van der Waals surface area contributed by atoms with Gasteiger partial charge in [0.2, 0.25) is 5.67 Å². The average Bonchev–Trinajstić information content (AvgIpc) is 2.53. The lowest BCUT2D eigenvalue weighted by atomic mass is 9.83. The summed E-state index contributed by atoms with van der Waals surface area (Å²) in [7, 11) is 0. The smallest absolute Gasteiger partial charge is 0.344 e. The van der Waals surface area contributed by atoms with E-state index in [9.17, 15) is 9.18 Å². The molecule has 1 N–H and O–H groups in total. The summed E-state index contributed by atoms with van der Waals surface area (Å²) in [6.07, 6.45) is 5.12. The van der Waals surface area contributed by atoms with Crippen LogP contribution in [0.5, 0.6) is 5.75 Å². The van der Waals surface area contributed by atoms with Gasteiger partial charge in [-0.3, -0.25) is 4.90 Å². The summed E-state index contributed by atoms with van der Waals surface area (Å²) in [6, 6.07) is 6.13. The molecule has 1 aromatic rings. The number of aliphatic carboxylic acids is 1. The van der Waals surface area contributed by atoms with E-state index in [4.69, 9.17) is 9.84 Å².